The molecule has 7 heteroatoms. The zero-order chi connectivity index (χ0) is 19.1. The number of hydrogen-bond donors (Lipinski definition) is 2. The molecule has 138 valence electrons. The minimum absolute atomic E-state index is 0.251. The molecule has 0 saturated carbocycles. The fraction of sp³-hybridized carbons (Fsp3) is 0.150. The van der Waals surface area contributed by atoms with Crippen LogP contribution in [0, 0.1) is 5.82 Å². The second-order valence-corrected chi connectivity index (χ2v) is 5.78. The van der Waals surface area contributed by atoms with Gasteiger partial charge in [0.05, 0.1) is 12.7 Å². The van der Waals surface area contributed by atoms with E-state index in [1.165, 1.54) is 24.5 Å². The third-order valence-corrected chi connectivity index (χ3v) is 3.87. The maximum absolute atomic E-state index is 12.9. The smallest absolute Gasteiger partial charge is 0.258 e. The molecule has 6 nitrogen and oxygen atoms in total. The van der Waals surface area contributed by atoms with Crippen LogP contribution in [0.2, 0.25) is 0 Å². The first kappa shape index (κ1) is 18.3. The molecule has 1 amide bonds. The topological polar surface area (TPSA) is 76.1 Å². The molecule has 0 bridgehead atoms. The first-order chi connectivity index (χ1) is 13.1. The highest BCUT2D eigenvalue weighted by molar-refractivity contribution is 6.03. The molecule has 3 aromatic rings. The number of aromatic nitrogens is 2. The number of rotatable bonds is 7. The maximum atomic E-state index is 12.9. The molecule has 0 fully saturated rings. The summed E-state index contributed by atoms with van der Waals surface area (Å²) >= 11 is 0. The van der Waals surface area contributed by atoms with E-state index in [2.05, 4.69) is 20.6 Å². The molecule has 0 saturated heterocycles. The summed E-state index contributed by atoms with van der Waals surface area (Å²) in [6, 6.07) is 13.4. The van der Waals surface area contributed by atoms with Gasteiger partial charge in [-0.2, -0.15) is 0 Å². The van der Waals surface area contributed by atoms with Gasteiger partial charge in [0.1, 0.15) is 11.6 Å². The van der Waals surface area contributed by atoms with Crippen LogP contribution < -0.4 is 15.4 Å². The van der Waals surface area contributed by atoms with Crippen LogP contribution in [0.1, 0.15) is 15.9 Å². The molecule has 0 spiro atoms. The van der Waals surface area contributed by atoms with Crippen molar-refractivity contribution in [2.75, 3.05) is 24.3 Å². The van der Waals surface area contributed by atoms with Crippen LogP contribution in [0.3, 0.4) is 0 Å². The lowest BCUT2D eigenvalue weighted by Gasteiger charge is -2.07. The second-order valence-electron chi connectivity index (χ2n) is 5.78. The van der Waals surface area contributed by atoms with Crippen molar-refractivity contribution in [3.05, 3.63) is 77.9 Å². The Morgan fingerprint density at radius 1 is 1.04 bits per heavy atom. The highest BCUT2D eigenvalue weighted by Crippen LogP contribution is 2.15. The Morgan fingerprint density at radius 3 is 2.33 bits per heavy atom. The van der Waals surface area contributed by atoms with Crippen LogP contribution in [0.25, 0.3) is 0 Å². The van der Waals surface area contributed by atoms with E-state index >= 15 is 0 Å². The van der Waals surface area contributed by atoms with E-state index in [-0.39, 0.29) is 11.7 Å². The second kappa shape index (κ2) is 8.75. The summed E-state index contributed by atoms with van der Waals surface area (Å²) in [5, 5.41) is 5.85. The number of ether oxygens (including phenoxy) is 1. The molecule has 0 unspecified atom stereocenters. The predicted octanol–water partition coefficient (Wildman–Crippen LogP) is 3.53. The lowest BCUT2D eigenvalue weighted by atomic mass is 10.1. The molecule has 0 aliphatic rings. The number of halogens is 1. The highest BCUT2D eigenvalue weighted by atomic mass is 19.1. The van der Waals surface area contributed by atoms with Gasteiger partial charge in [-0.05, 0) is 48.4 Å². The van der Waals surface area contributed by atoms with Crippen molar-refractivity contribution in [3.8, 4) is 5.75 Å². The van der Waals surface area contributed by atoms with E-state index in [9.17, 15) is 9.18 Å². The van der Waals surface area contributed by atoms with Crippen LogP contribution in [0.15, 0.2) is 60.9 Å². The van der Waals surface area contributed by atoms with Crippen molar-refractivity contribution in [2.24, 2.45) is 0 Å². The molecule has 2 aromatic carbocycles. The maximum Gasteiger partial charge on any atom is 0.258 e. The molecule has 3 rings (SSSR count). The number of nitrogens with one attached hydrogen (secondary N) is 2. The van der Waals surface area contributed by atoms with Gasteiger partial charge in [-0.1, -0.05) is 12.1 Å². The number of carbonyl (C=O) groups excluding carboxylic acids is 1. The van der Waals surface area contributed by atoms with Crippen molar-refractivity contribution in [1.82, 2.24) is 9.97 Å². The summed E-state index contributed by atoms with van der Waals surface area (Å²) in [4.78, 5) is 20.5. The zero-order valence-electron chi connectivity index (χ0n) is 14.8. The molecule has 1 heterocycles. The molecular weight excluding hydrogens is 347 g/mol. The van der Waals surface area contributed by atoms with E-state index in [1.54, 1.807) is 43.5 Å². The Morgan fingerprint density at radius 2 is 1.70 bits per heavy atom. The van der Waals surface area contributed by atoms with E-state index in [0.717, 1.165) is 5.56 Å². The van der Waals surface area contributed by atoms with E-state index in [4.69, 9.17) is 4.74 Å². The molecule has 0 aliphatic heterocycles. The Hall–Kier alpha value is -3.48. The number of benzene rings is 2. The first-order valence-electron chi connectivity index (χ1n) is 8.40. The summed E-state index contributed by atoms with van der Waals surface area (Å²) < 4.78 is 18.0. The molecule has 1 aromatic heterocycles. The summed E-state index contributed by atoms with van der Waals surface area (Å²) in [5.41, 5.74) is 2.02. The van der Waals surface area contributed by atoms with Crippen LogP contribution in [0.5, 0.6) is 5.75 Å². The average Bonchev–Trinajstić information content (AvgIpc) is 2.70. The van der Waals surface area contributed by atoms with E-state index in [0.29, 0.717) is 35.9 Å². The third-order valence-electron chi connectivity index (χ3n) is 3.87. The van der Waals surface area contributed by atoms with Crippen LogP contribution in [-0.2, 0) is 6.42 Å². The number of anilines is 2. The van der Waals surface area contributed by atoms with Gasteiger partial charge in [0, 0.05) is 24.6 Å². The molecule has 0 radical (unpaired) electrons. The van der Waals surface area contributed by atoms with Gasteiger partial charge in [0.25, 0.3) is 5.91 Å². The van der Waals surface area contributed by atoms with Crippen molar-refractivity contribution in [3.63, 3.8) is 0 Å². The van der Waals surface area contributed by atoms with Gasteiger partial charge in [0.15, 0.2) is 0 Å². The number of hydrogen-bond acceptors (Lipinski definition) is 5. The van der Waals surface area contributed by atoms with Crippen LogP contribution in [0.4, 0.5) is 16.0 Å². The minimum atomic E-state index is -0.293. The van der Waals surface area contributed by atoms with Crippen molar-refractivity contribution < 1.29 is 13.9 Å². The SMILES string of the molecule is COc1ccc(NC(=O)c2cnc(NCCc3ccc(F)cc3)nc2)cc1. The largest absolute Gasteiger partial charge is 0.497 e. The summed E-state index contributed by atoms with van der Waals surface area (Å²) in [7, 11) is 1.58. The van der Waals surface area contributed by atoms with E-state index < -0.39 is 0 Å². The standard InChI is InChI=1S/C20H19FN4O2/c1-27-18-8-6-17(7-9-18)25-19(26)15-12-23-20(24-13-15)22-11-10-14-2-4-16(21)5-3-14/h2-9,12-13H,10-11H2,1H3,(H,25,26)(H,22,23,24). The van der Waals surface area contributed by atoms with Crippen molar-refractivity contribution in [1.29, 1.82) is 0 Å². The predicted molar refractivity (Wildman–Crippen MR) is 102 cm³/mol. The van der Waals surface area contributed by atoms with Gasteiger partial charge >= 0.3 is 0 Å². The van der Waals surface area contributed by atoms with Crippen LogP contribution in [-0.4, -0.2) is 29.5 Å². The third kappa shape index (κ3) is 5.24. The Balaban J connectivity index is 1.51. The number of carbonyl (C=O) groups is 1. The van der Waals surface area contributed by atoms with E-state index in [1.807, 2.05) is 0 Å². The van der Waals surface area contributed by atoms with Gasteiger partial charge < -0.3 is 15.4 Å². The number of methoxy groups -OCH3 is 1. The Bertz CT molecular complexity index is 881. The van der Waals surface area contributed by atoms with Gasteiger partial charge in [0.2, 0.25) is 5.95 Å². The van der Waals surface area contributed by atoms with Crippen molar-refractivity contribution >= 4 is 17.5 Å². The normalized spacial score (nSPS) is 10.3. The lowest BCUT2D eigenvalue weighted by Crippen LogP contribution is -2.14. The molecule has 0 atom stereocenters. The summed E-state index contributed by atoms with van der Waals surface area (Å²) in [6.07, 6.45) is 3.64. The number of nitrogens with zero attached hydrogens (tertiary/aromatic N) is 2. The number of amides is 1. The monoisotopic (exact) mass is 366 g/mol. The molecule has 0 aliphatic carbocycles. The summed E-state index contributed by atoms with van der Waals surface area (Å²) in [6.45, 7) is 0.600. The summed E-state index contributed by atoms with van der Waals surface area (Å²) in [5.74, 6) is 0.599. The fourth-order valence-electron chi connectivity index (χ4n) is 2.38. The van der Waals surface area contributed by atoms with Gasteiger partial charge in [-0.3, -0.25) is 4.79 Å². The Kier molecular flexibility index (Phi) is 5.94. The highest BCUT2D eigenvalue weighted by Gasteiger charge is 2.08. The molecule has 27 heavy (non-hydrogen) atoms. The average molecular weight is 366 g/mol. The quantitative estimate of drug-likeness (QED) is 0.669. The zero-order valence-corrected chi connectivity index (χ0v) is 14.8. The molecule has 2 N–H and O–H groups in total. The first-order valence-corrected chi connectivity index (χ1v) is 8.40. The molecular formula is C20H19FN4O2. The van der Waals surface area contributed by atoms with Crippen molar-refractivity contribution in [2.45, 2.75) is 6.42 Å². The van der Waals surface area contributed by atoms with Gasteiger partial charge in [-0.25, -0.2) is 14.4 Å². The minimum Gasteiger partial charge on any atom is -0.497 e. The Labute approximate surface area is 156 Å². The van der Waals surface area contributed by atoms with Crippen LogP contribution >= 0.6 is 0 Å². The fourth-order valence-corrected chi connectivity index (χ4v) is 2.38. The van der Waals surface area contributed by atoms with Gasteiger partial charge in [-0.15, -0.1) is 0 Å². The lowest BCUT2D eigenvalue weighted by molar-refractivity contribution is 0.102.